The lowest BCUT2D eigenvalue weighted by molar-refractivity contribution is 0.172. The van der Waals surface area contributed by atoms with Crippen LogP contribution >= 0.6 is 0 Å². The molecule has 0 bridgehead atoms. The van der Waals surface area contributed by atoms with Gasteiger partial charge in [-0.1, -0.05) is 19.1 Å². The topological polar surface area (TPSA) is 61.4 Å². The number of aryl methyl sites for hydroxylation is 1. The van der Waals surface area contributed by atoms with Crippen LogP contribution in [0.5, 0.6) is 0 Å². The van der Waals surface area contributed by atoms with Gasteiger partial charge in [0.25, 0.3) is 0 Å². The van der Waals surface area contributed by atoms with Gasteiger partial charge in [-0.05, 0) is 38.0 Å². The molecule has 4 nitrogen and oxygen atoms in total. The van der Waals surface area contributed by atoms with Gasteiger partial charge in [0.1, 0.15) is 0 Å². The Balaban J connectivity index is 2.61. The number of hydrogen-bond donors (Lipinski definition) is 3. The Labute approximate surface area is 102 Å². The van der Waals surface area contributed by atoms with Crippen LogP contribution in [0.3, 0.4) is 0 Å². The Morgan fingerprint density at radius 1 is 1.47 bits per heavy atom. The van der Waals surface area contributed by atoms with Crippen LogP contribution in [0, 0.1) is 6.92 Å². The van der Waals surface area contributed by atoms with Crippen LogP contribution in [-0.4, -0.2) is 23.3 Å². The molecule has 0 aliphatic carbocycles. The van der Waals surface area contributed by atoms with Crippen molar-refractivity contribution in [3.05, 3.63) is 29.8 Å². The number of carbonyl (C=O) groups is 1. The van der Waals surface area contributed by atoms with E-state index >= 15 is 0 Å². The van der Waals surface area contributed by atoms with Crippen LogP contribution in [0.25, 0.3) is 0 Å². The second kappa shape index (κ2) is 5.68. The number of aliphatic hydroxyl groups excluding tert-OH is 1. The molecule has 0 heterocycles. The number of benzene rings is 1. The van der Waals surface area contributed by atoms with Crippen molar-refractivity contribution in [2.45, 2.75) is 32.7 Å². The van der Waals surface area contributed by atoms with Crippen molar-refractivity contribution < 1.29 is 9.90 Å². The molecule has 94 valence electrons. The maximum Gasteiger partial charge on any atom is 0.319 e. The molecule has 17 heavy (non-hydrogen) atoms. The fraction of sp³-hybridized carbons (Fsp3) is 0.462. The summed E-state index contributed by atoms with van der Waals surface area (Å²) in [7, 11) is 0. The maximum absolute atomic E-state index is 11.7. The van der Waals surface area contributed by atoms with E-state index in [0.717, 1.165) is 11.3 Å². The van der Waals surface area contributed by atoms with Crippen molar-refractivity contribution in [3.63, 3.8) is 0 Å². The molecule has 1 rings (SSSR count). The molecule has 3 N–H and O–H groups in total. The Bertz CT molecular complexity index is 387. The third-order valence-corrected chi connectivity index (χ3v) is 2.82. The maximum atomic E-state index is 11.7. The predicted octanol–water partition coefficient (Wildman–Crippen LogP) is 2.28. The summed E-state index contributed by atoms with van der Waals surface area (Å²) < 4.78 is 0. The van der Waals surface area contributed by atoms with Crippen molar-refractivity contribution in [1.29, 1.82) is 0 Å². The number of nitrogens with one attached hydrogen (secondary N) is 2. The average Bonchev–Trinajstić information content (AvgIpc) is 2.28. The van der Waals surface area contributed by atoms with E-state index in [0.29, 0.717) is 6.42 Å². The molecule has 1 unspecified atom stereocenters. The van der Waals surface area contributed by atoms with Crippen LogP contribution in [0.2, 0.25) is 0 Å². The summed E-state index contributed by atoms with van der Waals surface area (Å²) in [6.45, 7) is 5.61. The van der Waals surface area contributed by atoms with Gasteiger partial charge >= 0.3 is 6.03 Å². The summed E-state index contributed by atoms with van der Waals surface area (Å²) in [5, 5.41) is 14.7. The zero-order valence-electron chi connectivity index (χ0n) is 10.6. The fourth-order valence-electron chi connectivity index (χ4n) is 1.40. The third-order valence-electron chi connectivity index (χ3n) is 2.82. The van der Waals surface area contributed by atoms with Gasteiger partial charge in [0, 0.05) is 5.69 Å². The van der Waals surface area contributed by atoms with Gasteiger partial charge in [-0.2, -0.15) is 0 Å². The van der Waals surface area contributed by atoms with Gasteiger partial charge in [0.2, 0.25) is 0 Å². The highest BCUT2D eigenvalue weighted by Crippen LogP contribution is 2.11. The van der Waals surface area contributed by atoms with E-state index in [4.69, 9.17) is 0 Å². The van der Waals surface area contributed by atoms with Crippen LogP contribution in [-0.2, 0) is 0 Å². The molecule has 0 saturated carbocycles. The monoisotopic (exact) mass is 236 g/mol. The number of hydrogen-bond acceptors (Lipinski definition) is 2. The number of carbonyl (C=O) groups excluding carboxylic acids is 1. The van der Waals surface area contributed by atoms with Crippen molar-refractivity contribution in [3.8, 4) is 0 Å². The fourth-order valence-corrected chi connectivity index (χ4v) is 1.40. The van der Waals surface area contributed by atoms with Gasteiger partial charge < -0.3 is 15.7 Å². The molecule has 0 radical (unpaired) electrons. The summed E-state index contributed by atoms with van der Waals surface area (Å²) in [6.07, 6.45) is 0.671. The lowest BCUT2D eigenvalue weighted by Gasteiger charge is -2.27. The van der Waals surface area contributed by atoms with Gasteiger partial charge in [-0.15, -0.1) is 0 Å². The van der Waals surface area contributed by atoms with E-state index in [2.05, 4.69) is 10.6 Å². The number of urea groups is 1. The minimum absolute atomic E-state index is 0.0786. The zero-order valence-corrected chi connectivity index (χ0v) is 10.6. The molecule has 0 fully saturated rings. The van der Waals surface area contributed by atoms with Crippen molar-refractivity contribution in [2.75, 3.05) is 11.9 Å². The highest BCUT2D eigenvalue weighted by molar-refractivity contribution is 5.89. The molecule has 0 aliphatic heterocycles. The number of aliphatic hydroxyl groups is 1. The first-order valence-electron chi connectivity index (χ1n) is 5.76. The molecule has 0 saturated heterocycles. The van der Waals surface area contributed by atoms with Crippen LogP contribution in [0.1, 0.15) is 25.8 Å². The first-order chi connectivity index (χ1) is 7.99. The smallest absolute Gasteiger partial charge is 0.319 e. The number of anilines is 1. The average molecular weight is 236 g/mol. The molecule has 1 aromatic carbocycles. The molecule has 0 aliphatic rings. The lowest BCUT2D eigenvalue weighted by atomic mass is 10.0. The van der Waals surface area contributed by atoms with Crippen LogP contribution < -0.4 is 10.6 Å². The Morgan fingerprint density at radius 3 is 2.71 bits per heavy atom. The second-order valence-corrected chi connectivity index (χ2v) is 4.52. The van der Waals surface area contributed by atoms with Crippen molar-refractivity contribution >= 4 is 11.7 Å². The van der Waals surface area contributed by atoms with E-state index in [1.807, 2.05) is 45.0 Å². The summed E-state index contributed by atoms with van der Waals surface area (Å²) in [5.41, 5.74) is 1.26. The SMILES string of the molecule is CCC(C)(CO)NC(=O)Nc1cccc(C)c1. The van der Waals surface area contributed by atoms with Crippen molar-refractivity contribution in [1.82, 2.24) is 5.32 Å². The van der Waals surface area contributed by atoms with Crippen molar-refractivity contribution in [2.24, 2.45) is 0 Å². The largest absolute Gasteiger partial charge is 0.394 e. The first-order valence-corrected chi connectivity index (χ1v) is 5.76. The molecule has 1 atom stereocenters. The van der Waals surface area contributed by atoms with E-state index < -0.39 is 5.54 Å². The zero-order chi connectivity index (χ0) is 12.9. The minimum Gasteiger partial charge on any atom is -0.394 e. The lowest BCUT2D eigenvalue weighted by Crippen LogP contribution is -2.50. The molecular formula is C13H20N2O2. The number of rotatable bonds is 4. The Hall–Kier alpha value is -1.55. The van der Waals surface area contributed by atoms with E-state index in [1.165, 1.54) is 0 Å². The quantitative estimate of drug-likeness (QED) is 0.751. The standard InChI is InChI=1S/C13H20N2O2/c1-4-13(3,9-16)15-12(17)14-11-7-5-6-10(2)8-11/h5-8,16H,4,9H2,1-3H3,(H2,14,15,17). The summed E-state index contributed by atoms with van der Waals surface area (Å²) in [6, 6.07) is 7.27. The van der Waals surface area contributed by atoms with E-state index in [1.54, 1.807) is 0 Å². The summed E-state index contributed by atoms with van der Waals surface area (Å²) in [5.74, 6) is 0. The van der Waals surface area contributed by atoms with E-state index in [9.17, 15) is 9.90 Å². The second-order valence-electron chi connectivity index (χ2n) is 4.52. The molecular weight excluding hydrogens is 216 g/mol. The minimum atomic E-state index is -0.575. The van der Waals surface area contributed by atoms with Crippen LogP contribution in [0.15, 0.2) is 24.3 Å². The highest BCUT2D eigenvalue weighted by atomic mass is 16.3. The normalized spacial score (nSPS) is 13.9. The highest BCUT2D eigenvalue weighted by Gasteiger charge is 2.22. The van der Waals surface area contributed by atoms with Crippen LogP contribution in [0.4, 0.5) is 10.5 Å². The molecule has 4 heteroatoms. The number of amides is 2. The molecule has 2 amide bonds. The van der Waals surface area contributed by atoms with E-state index in [-0.39, 0.29) is 12.6 Å². The summed E-state index contributed by atoms with van der Waals surface area (Å²) in [4.78, 5) is 11.7. The van der Waals surface area contributed by atoms with Gasteiger partial charge in [-0.3, -0.25) is 0 Å². The third kappa shape index (κ3) is 4.07. The Kier molecular flexibility index (Phi) is 4.52. The Morgan fingerprint density at radius 2 is 2.18 bits per heavy atom. The predicted molar refractivity (Wildman–Crippen MR) is 69.1 cm³/mol. The molecule has 0 aromatic heterocycles. The molecule has 0 spiro atoms. The van der Waals surface area contributed by atoms with Gasteiger partial charge in [0.15, 0.2) is 0 Å². The molecule has 1 aromatic rings. The first kappa shape index (κ1) is 13.5. The van der Waals surface area contributed by atoms with Gasteiger partial charge in [0.05, 0.1) is 12.1 Å². The summed E-state index contributed by atoms with van der Waals surface area (Å²) >= 11 is 0. The van der Waals surface area contributed by atoms with Gasteiger partial charge in [-0.25, -0.2) is 4.79 Å².